The van der Waals surface area contributed by atoms with Gasteiger partial charge in [0.05, 0.1) is 0 Å². The van der Waals surface area contributed by atoms with Crippen molar-refractivity contribution in [2.45, 2.75) is 52.1 Å². The van der Waals surface area contributed by atoms with Crippen LogP contribution in [0.3, 0.4) is 0 Å². The smallest absolute Gasteiger partial charge is 0.410 e. The van der Waals surface area contributed by atoms with Gasteiger partial charge in [-0.05, 0) is 94.3 Å². The monoisotopic (exact) mass is 605 g/mol. The van der Waals surface area contributed by atoms with Gasteiger partial charge in [-0.15, -0.1) is 0 Å². The fourth-order valence-electron chi connectivity index (χ4n) is 5.24. The molecule has 3 heterocycles. The number of rotatable bonds is 6. The Morgan fingerprint density at radius 1 is 1.05 bits per heavy atom. The third-order valence-electron chi connectivity index (χ3n) is 7.38. The lowest BCUT2D eigenvalue weighted by Gasteiger charge is -2.33. The van der Waals surface area contributed by atoms with Gasteiger partial charge in [0.25, 0.3) is 5.56 Å². The Hall–Kier alpha value is -3.52. The van der Waals surface area contributed by atoms with Crippen LogP contribution in [0.1, 0.15) is 45.6 Å². The summed E-state index contributed by atoms with van der Waals surface area (Å²) in [5, 5.41) is 0.860. The number of fused-ring (bicyclic) bond motifs is 1. The van der Waals surface area contributed by atoms with Crippen molar-refractivity contribution in [3.8, 4) is 22.6 Å². The molecule has 0 unspecified atom stereocenters. The SMILES string of the molecule is Cn1cc(-c2cc(Br)ccc2Oc2ccc(CCC3CCN(C(=O)OC(C)(C)C)CC3)cc2)c2cc[nH]c2c1=O. The van der Waals surface area contributed by atoms with E-state index in [9.17, 15) is 9.59 Å². The van der Waals surface area contributed by atoms with Crippen LogP contribution in [-0.4, -0.2) is 39.2 Å². The van der Waals surface area contributed by atoms with Crippen molar-refractivity contribution >= 4 is 32.9 Å². The van der Waals surface area contributed by atoms with Gasteiger partial charge in [-0.1, -0.05) is 28.1 Å². The number of piperidine rings is 1. The van der Waals surface area contributed by atoms with E-state index in [1.807, 2.05) is 68.3 Å². The lowest BCUT2D eigenvalue weighted by Crippen LogP contribution is -2.41. The molecule has 1 aliphatic rings. The summed E-state index contributed by atoms with van der Waals surface area (Å²) in [7, 11) is 1.76. The highest BCUT2D eigenvalue weighted by atomic mass is 79.9. The summed E-state index contributed by atoms with van der Waals surface area (Å²) in [6, 6.07) is 16.1. The quantitative estimate of drug-likeness (QED) is 0.245. The number of aromatic nitrogens is 2. The number of carbonyl (C=O) groups excluding carboxylic acids is 1. The Kier molecular flexibility index (Phi) is 8.08. The number of aryl methyl sites for hydroxylation is 2. The number of halogens is 1. The van der Waals surface area contributed by atoms with Gasteiger partial charge in [0.1, 0.15) is 22.6 Å². The van der Waals surface area contributed by atoms with Crippen LogP contribution in [0.25, 0.3) is 22.0 Å². The second-order valence-electron chi connectivity index (χ2n) is 11.6. The summed E-state index contributed by atoms with van der Waals surface area (Å²) >= 11 is 3.59. The number of hydrogen-bond donors (Lipinski definition) is 1. The van der Waals surface area contributed by atoms with Crippen molar-refractivity contribution in [1.29, 1.82) is 0 Å². The standard InChI is InChI=1S/C32H36BrN3O4/c1-32(2,3)40-31(38)36-17-14-22(15-18-36)6-5-21-7-10-24(11-8-21)39-28-12-9-23(33)19-26(28)27-20-35(4)30(37)29-25(27)13-16-34-29/h7-13,16,19-20,22,34H,5-6,14-15,17-18H2,1-4H3. The highest BCUT2D eigenvalue weighted by Crippen LogP contribution is 2.38. The van der Waals surface area contributed by atoms with Crippen molar-refractivity contribution < 1.29 is 14.3 Å². The van der Waals surface area contributed by atoms with Crippen LogP contribution in [-0.2, 0) is 18.2 Å². The molecule has 1 amide bonds. The maximum atomic E-state index is 12.6. The van der Waals surface area contributed by atoms with Crippen LogP contribution in [0.15, 0.2) is 70.2 Å². The number of benzene rings is 2. The predicted molar refractivity (Wildman–Crippen MR) is 162 cm³/mol. The highest BCUT2D eigenvalue weighted by molar-refractivity contribution is 9.10. The number of carbonyl (C=O) groups is 1. The molecule has 2 aromatic heterocycles. The average molecular weight is 607 g/mol. The molecule has 8 heteroatoms. The first kappa shape index (κ1) is 28.0. The Morgan fingerprint density at radius 3 is 2.48 bits per heavy atom. The Bertz CT molecular complexity index is 1560. The zero-order chi connectivity index (χ0) is 28.4. The summed E-state index contributed by atoms with van der Waals surface area (Å²) < 4.78 is 14.4. The van der Waals surface area contributed by atoms with Crippen LogP contribution in [0.2, 0.25) is 0 Å². The van der Waals surface area contributed by atoms with Crippen molar-refractivity contribution in [1.82, 2.24) is 14.5 Å². The van der Waals surface area contributed by atoms with Crippen molar-refractivity contribution in [3.63, 3.8) is 0 Å². The summed E-state index contributed by atoms with van der Waals surface area (Å²) in [6.45, 7) is 7.22. The van der Waals surface area contributed by atoms with E-state index in [4.69, 9.17) is 9.47 Å². The number of H-pyrrole nitrogens is 1. The highest BCUT2D eigenvalue weighted by Gasteiger charge is 2.26. The molecule has 1 aliphatic heterocycles. The van der Waals surface area contributed by atoms with Gasteiger partial charge in [0, 0.05) is 53.5 Å². The largest absolute Gasteiger partial charge is 0.457 e. The lowest BCUT2D eigenvalue weighted by atomic mass is 9.90. The first-order chi connectivity index (χ1) is 19.1. The molecule has 5 rings (SSSR count). The van der Waals surface area contributed by atoms with Crippen molar-refractivity contribution in [3.05, 3.63) is 81.3 Å². The summed E-state index contributed by atoms with van der Waals surface area (Å²) in [5.41, 5.74) is 3.14. The summed E-state index contributed by atoms with van der Waals surface area (Å²) in [4.78, 5) is 29.8. The second kappa shape index (κ2) is 11.5. The number of pyridine rings is 1. The summed E-state index contributed by atoms with van der Waals surface area (Å²) in [6.07, 6.45) is 7.54. The van der Waals surface area contributed by atoms with E-state index in [0.29, 0.717) is 17.2 Å². The maximum Gasteiger partial charge on any atom is 0.410 e. The molecule has 1 N–H and O–H groups in total. The minimum Gasteiger partial charge on any atom is -0.457 e. The molecule has 0 radical (unpaired) electrons. The molecule has 0 spiro atoms. The van der Waals surface area contributed by atoms with Crippen LogP contribution in [0.4, 0.5) is 4.79 Å². The maximum absolute atomic E-state index is 12.6. The lowest BCUT2D eigenvalue weighted by molar-refractivity contribution is 0.0181. The Balaban J connectivity index is 1.23. The molecule has 0 saturated carbocycles. The van der Waals surface area contributed by atoms with Gasteiger partial charge in [0.15, 0.2) is 0 Å². The third-order valence-corrected chi connectivity index (χ3v) is 7.88. The molecule has 1 fully saturated rings. The van der Waals surface area contributed by atoms with E-state index >= 15 is 0 Å². The first-order valence-electron chi connectivity index (χ1n) is 13.8. The Morgan fingerprint density at radius 2 is 1.77 bits per heavy atom. The second-order valence-corrected chi connectivity index (χ2v) is 12.5. The summed E-state index contributed by atoms with van der Waals surface area (Å²) in [5.74, 6) is 2.08. The van der Waals surface area contributed by atoms with Crippen molar-refractivity contribution in [2.24, 2.45) is 13.0 Å². The molecule has 4 aromatic rings. The molecule has 210 valence electrons. The first-order valence-corrected chi connectivity index (χ1v) is 14.6. The zero-order valence-electron chi connectivity index (χ0n) is 23.5. The van der Waals surface area contributed by atoms with Crippen LogP contribution >= 0.6 is 15.9 Å². The molecule has 0 bridgehead atoms. The molecule has 0 aliphatic carbocycles. The van der Waals surface area contributed by atoms with Crippen LogP contribution in [0, 0.1) is 5.92 Å². The Labute approximate surface area is 243 Å². The van der Waals surface area contributed by atoms with Crippen molar-refractivity contribution in [2.75, 3.05) is 13.1 Å². The number of likely N-dealkylation sites (tertiary alicyclic amines) is 1. The van der Waals surface area contributed by atoms with E-state index in [1.165, 1.54) is 5.56 Å². The number of nitrogens with one attached hydrogen (secondary N) is 1. The predicted octanol–water partition coefficient (Wildman–Crippen LogP) is 7.67. The van der Waals surface area contributed by atoms with Crippen LogP contribution in [0.5, 0.6) is 11.5 Å². The average Bonchev–Trinajstić information content (AvgIpc) is 3.41. The van der Waals surface area contributed by atoms with Gasteiger partial charge in [-0.2, -0.15) is 0 Å². The number of aromatic amines is 1. The molecule has 7 nitrogen and oxygen atoms in total. The minimum absolute atomic E-state index is 0.0644. The van der Waals surface area contributed by atoms with Gasteiger partial charge in [-0.25, -0.2) is 4.79 Å². The number of ether oxygens (including phenoxy) is 2. The normalized spacial score (nSPS) is 14.5. The van der Waals surface area contributed by atoms with Gasteiger partial charge < -0.3 is 23.9 Å². The van der Waals surface area contributed by atoms with E-state index in [1.54, 1.807) is 17.8 Å². The van der Waals surface area contributed by atoms with E-state index in [-0.39, 0.29) is 11.7 Å². The van der Waals surface area contributed by atoms with E-state index in [0.717, 1.165) is 65.5 Å². The van der Waals surface area contributed by atoms with E-state index in [2.05, 4.69) is 33.0 Å². The fourth-order valence-corrected chi connectivity index (χ4v) is 5.60. The molecule has 2 aromatic carbocycles. The van der Waals surface area contributed by atoms with E-state index < -0.39 is 5.60 Å². The molecule has 0 atom stereocenters. The third kappa shape index (κ3) is 6.44. The molecular formula is C32H36BrN3O4. The number of amides is 1. The molecule has 40 heavy (non-hydrogen) atoms. The molecule has 1 saturated heterocycles. The minimum atomic E-state index is -0.459. The zero-order valence-corrected chi connectivity index (χ0v) is 25.1. The number of nitrogens with zero attached hydrogens (tertiary/aromatic N) is 2. The van der Waals surface area contributed by atoms with Gasteiger partial charge >= 0.3 is 6.09 Å². The number of hydrogen-bond acceptors (Lipinski definition) is 4. The topological polar surface area (TPSA) is 76.6 Å². The fraction of sp³-hybridized carbons (Fsp3) is 0.375. The van der Waals surface area contributed by atoms with Gasteiger partial charge in [-0.3, -0.25) is 4.79 Å². The van der Waals surface area contributed by atoms with Gasteiger partial charge in [0.2, 0.25) is 0 Å². The van der Waals surface area contributed by atoms with Crippen LogP contribution < -0.4 is 10.3 Å². The molecular weight excluding hydrogens is 570 g/mol.